The van der Waals surface area contributed by atoms with Gasteiger partial charge < -0.3 is 10.1 Å². The third-order valence-corrected chi connectivity index (χ3v) is 3.51. The standard InChI is InChI=1S/C15H14ClFN2O2/c1-8-14(17)10(6-7-19-8)9-4-5-11(21-3)13(16)12(9)15(20)18-2/h4-7H,1-3H3,(H,18,20). The Bertz CT molecular complexity index is 704. The van der Waals surface area contributed by atoms with E-state index in [1.807, 2.05) is 0 Å². The molecule has 4 nitrogen and oxygen atoms in total. The van der Waals surface area contributed by atoms with Crippen LogP contribution < -0.4 is 10.1 Å². The van der Waals surface area contributed by atoms with Crippen LogP contribution in [0, 0.1) is 12.7 Å². The maximum atomic E-state index is 14.3. The summed E-state index contributed by atoms with van der Waals surface area (Å²) in [5.41, 5.74) is 1.08. The number of aryl methyl sites for hydroxylation is 1. The van der Waals surface area contributed by atoms with Crippen LogP contribution in [-0.2, 0) is 0 Å². The number of rotatable bonds is 3. The number of amides is 1. The highest BCUT2D eigenvalue weighted by molar-refractivity contribution is 6.36. The molecule has 6 heteroatoms. The first-order chi connectivity index (χ1) is 10.0. The second-order valence-electron chi connectivity index (χ2n) is 4.34. The highest BCUT2D eigenvalue weighted by Gasteiger charge is 2.21. The zero-order valence-electron chi connectivity index (χ0n) is 11.8. The van der Waals surface area contributed by atoms with E-state index in [0.29, 0.717) is 11.3 Å². The van der Waals surface area contributed by atoms with Crippen LogP contribution in [0.15, 0.2) is 24.4 Å². The summed E-state index contributed by atoms with van der Waals surface area (Å²) < 4.78 is 19.4. The third kappa shape index (κ3) is 2.69. The van der Waals surface area contributed by atoms with Crippen molar-refractivity contribution in [2.45, 2.75) is 6.92 Å². The summed E-state index contributed by atoms with van der Waals surface area (Å²) in [6.07, 6.45) is 1.49. The third-order valence-electron chi connectivity index (χ3n) is 3.13. The lowest BCUT2D eigenvalue weighted by Gasteiger charge is -2.14. The van der Waals surface area contributed by atoms with Crippen molar-refractivity contribution >= 4 is 17.5 Å². The summed E-state index contributed by atoms with van der Waals surface area (Å²) in [5, 5.41) is 2.64. The smallest absolute Gasteiger partial charge is 0.253 e. The molecular formula is C15H14ClFN2O2. The summed E-state index contributed by atoms with van der Waals surface area (Å²) in [5.74, 6) is -0.545. The van der Waals surface area contributed by atoms with Gasteiger partial charge in [0.15, 0.2) is 5.82 Å². The summed E-state index contributed by atoms with van der Waals surface area (Å²) >= 11 is 6.21. The fourth-order valence-electron chi connectivity index (χ4n) is 2.04. The Hall–Kier alpha value is -2.14. The van der Waals surface area contributed by atoms with Gasteiger partial charge in [0.1, 0.15) is 5.75 Å². The number of carbonyl (C=O) groups excluding carboxylic acids is 1. The summed E-state index contributed by atoms with van der Waals surface area (Å²) in [6, 6.07) is 4.71. The second kappa shape index (κ2) is 6.10. The molecule has 0 bridgehead atoms. The van der Waals surface area contributed by atoms with Gasteiger partial charge in [0.05, 0.1) is 23.4 Å². The first kappa shape index (κ1) is 15.3. The number of nitrogens with one attached hydrogen (secondary N) is 1. The van der Waals surface area contributed by atoms with Crippen molar-refractivity contribution < 1.29 is 13.9 Å². The van der Waals surface area contributed by atoms with E-state index in [1.54, 1.807) is 19.1 Å². The molecule has 0 fully saturated rings. The maximum absolute atomic E-state index is 14.3. The Morgan fingerprint density at radius 3 is 2.67 bits per heavy atom. The van der Waals surface area contributed by atoms with Crippen LogP contribution in [0.4, 0.5) is 4.39 Å². The number of hydrogen-bond acceptors (Lipinski definition) is 3. The van der Waals surface area contributed by atoms with E-state index < -0.39 is 11.7 Å². The van der Waals surface area contributed by atoms with E-state index in [9.17, 15) is 9.18 Å². The predicted octanol–water partition coefficient (Wildman–Crippen LogP) is 3.22. The largest absolute Gasteiger partial charge is 0.495 e. The van der Waals surface area contributed by atoms with E-state index in [1.165, 1.54) is 26.4 Å². The van der Waals surface area contributed by atoms with Gasteiger partial charge in [-0.05, 0) is 30.7 Å². The number of pyridine rings is 1. The van der Waals surface area contributed by atoms with Gasteiger partial charge in [-0.2, -0.15) is 0 Å². The summed E-state index contributed by atoms with van der Waals surface area (Å²) in [7, 11) is 2.93. The van der Waals surface area contributed by atoms with Crippen LogP contribution in [0.25, 0.3) is 11.1 Å². The number of aromatic nitrogens is 1. The van der Waals surface area contributed by atoms with E-state index in [-0.39, 0.29) is 21.8 Å². The first-order valence-electron chi connectivity index (χ1n) is 6.21. The summed E-state index contributed by atoms with van der Waals surface area (Å²) in [4.78, 5) is 16.0. The average Bonchev–Trinajstić information content (AvgIpc) is 2.49. The lowest BCUT2D eigenvalue weighted by molar-refractivity contribution is 0.0963. The number of halogens is 2. The minimum atomic E-state index is -0.483. The number of ether oxygens (including phenoxy) is 1. The number of nitrogens with zero attached hydrogens (tertiary/aromatic N) is 1. The normalized spacial score (nSPS) is 10.3. The number of carbonyl (C=O) groups is 1. The molecule has 1 amide bonds. The van der Waals surface area contributed by atoms with Crippen molar-refractivity contribution in [3.8, 4) is 16.9 Å². The topological polar surface area (TPSA) is 51.2 Å². The molecule has 0 radical (unpaired) electrons. The number of hydrogen-bond donors (Lipinski definition) is 1. The summed E-state index contributed by atoms with van der Waals surface area (Å²) in [6.45, 7) is 1.56. The molecule has 0 saturated carbocycles. The van der Waals surface area contributed by atoms with Gasteiger partial charge in [0.25, 0.3) is 5.91 Å². The van der Waals surface area contributed by atoms with Crippen LogP contribution in [-0.4, -0.2) is 25.0 Å². The van der Waals surface area contributed by atoms with Gasteiger partial charge in [0.2, 0.25) is 0 Å². The number of methoxy groups -OCH3 is 1. The Morgan fingerprint density at radius 1 is 1.33 bits per heavy atom. The van der Waals surface area contributed by atoms with Crippen LogP contribution >= 0.6 is 11.6 Å². The molecule has 21 heavy (non-hydrogen) atoms. The molecule has 0 atom stereocenters. The van der Waals surface area contributed by atoms with Crippen molar-refractivity contribution in [1.82, 2.24) is 10.3 Å². The second-order valence-corrected chi connectivity index (χ2v) is 4.72. The molecule has 0 saturated heterocycles. The predicted molar refractivity (Wildman–Crippen MR) is 79.3 cm³/mol. The maximum Gasteiger partial charge on any atom is 0.253 e. The fraction of sp³-hybridized carbons (Fsp3) is 0.200. The molecule has 0 spiro atoms. The molecule has 1 heterocycles. The van der Waals surface area contributed by atoms with E-state index >= 15 is 0 Å². The zero-order valence-corrected chi connectivity index (χ0v) is 12.6. The quantitative estimate of drug-likeness (QED) is 0.947. The Labute approximate surface area is 126 Å². The highest BCUT2D eigenvalue weighted by Crippen LogP contribution is 2.36. The molecule has 1 N–H and O–H groups in total. The van der Waals surface area contributed by atoms with E-state index in [2.05, 4.69) is 10.3 Å². The molecule has 1 aromatic heterocycles. The molecular weight excluding hydrogens is 295 g/mol. The number of benzene rings is 1. The van der Waals surface area contributed by atoms with Gasteiger partial charge in [-0.3, -0.25) is 9.78 Å². The average molecular weight is 309 g/mol. The van der Waals surface area contributed by atoms with Crippen LogP contribution in [0.1, 0.15) is 16.1 Å². The minimum absolute atomic E-state index is 0.142. The molecule has 0 aliphatic carbocycles. The highest BCUT2D eigenvalue weighted by atomic mass is 35.5. The van der Waals surface area contributed by atoms with Gasteiger partial charge in [0, 0.05) is 18.8 Å². The van der Waals surface area contributed by atoms with Crippen LogP contribution in [0.2, 0.25) is 5.02 Å². The van der Waals surface area contributed by atoms with Crippen molar-refractivity contribution in [3.05, 3.63) is 46.5 Å². The van der Waals surface area contributed by atoms with Crippen molar-refractivity contribution in [2.24, 2.45) is 0 Å². The monoisotopic (exact) mass is 308 g/mol. The zero-order chi connectivity index (χ0) is 15.6. The fourth-order valence-corrected chi connectivity index (χ4v) is 2.37. The molecule has 1 aromatic carbocycles. The first-order valence-corrected chi connectivity index (χ1v) is 6.59. The minimum Gasteiger partial charge on any atom is -0.495 e. The molecule has 0 aliphatic rings. The van der Waals surface area contributed by atoms with Crippen molar-refractivity contribution in [1.29, 1.82) is 0 Å². The van der Waals surface area contributed by atoms with Gasteiger partial charge in [-0.25, -0.2) is 4.39 Å². The van der Waals surface area contributed by atoms with Crippen molar-refractivity contribution in [3.63, 3.8) is 0 Å². The molecule has 0 aliphatic heterocycles. The lowest BCUT2D eigenvalue weighted by atomic mass is 9.98. The van der Waals surface area contributed by atoms with Crippen LogP contribution in [0.5, 0.6) is 5.75 Å². The Balaban J connectivity index is 2.77. The SMILES string of the molecule is CNC(=O)c1c(-c2ccnc(C)c2F)ccc(OC)c1Cl. The Morgan fingerprint density at radius 2 is 2.05 bits per heavy atom. The van der Waals surface area contributed by atoms with E-state index in [0.717, 1.165) is 0 Å². The molecule has 2 rings (SSSR count). The van der Waals surface area contributed by atoms with Gasteiger partial charge >= 0.3 is 0 Å². The molecule has 0 unspecified atom stereocenters. The molecule has 110 valence electrons. The molecule has 2 aromatic rings. The lowest BCUT2D eigenvalue weighted by Crippen LogP contribution is -2.19. The van der Waals surface area contributed by atoms with Gasteiger partial charge in [-0.15, -0.1) is 0 Å². The van der Waals surface area contributed by atoms with Crippen LogP contribution in [0.3, 0.4) is 0 Å². The van der Waals surface area contributed by atoms with E-state index in [4.69, 9.17) is 16.3 Å². The van der Waals surface area contributed by atoms with Gasteiger partial charge in [-0.1, -0.05) is 11.6 Å². The Kier molecular flexibility index (Phi) is 4.43. The van der Waals surface area contributed by atoms with Crippen molar-refractivity contribution in [2.75, 3.05) is 14.2 Å².